The second kappa shape index (κ2) is 6.92. The maximum Gasteiger partial charge on any atom is 0.238 e. The van der Waals surface area contributed by atoms with Crippen LogP contribution >= 0.6 is 0 Å². The van der Waals surface area contributed by atoms with Crippen molar-refractivity contribution >= 4 is 11.6 Å². The summed E-state index contributed by atoms with van der Waals surface area (Å²) in [4.78, 5) is 25.1. The van der Waals surface area contributed by atoms with Gasteiger partial charge in [0.2, 0.25) is 11.6 Å². The number of halogens is 2. The van der Waals surface area contributed by atoms with Crippen LogP contribution in [0.3, 0.4) is 0 Å². The monoisotopic (exact) mass is 451 g/mol. The van der Waals surface area contributed by atoms with Crippen molar-refractivity contribution in [1.82, 2.24) is 0 Å². The first kappa shape index (κ1) is 22.6. The number of carbonyl (C=O) groups is 2. The minimum atomic E-state index is -2.15. The first-order valence-corrected chi connectivity index (χ1v) is 11.9. The first-order valence-electron chi connectivity index (χ1n) is 11.9. The molecule has 1 radical (unpaired) electrons. The van der Waals surface area contributed by atoms with E-state index in [0.717, 1.165) is 6.42 Å². The van der Waals surface area contributed by atoms with E-state index in [-0.39, 0.29) is 42.5 Å². The Morgan fingerprint density at radius 1 is 1.28 bits per heavy atom. The molecule has 1 heterocycles. The third-order valence-electron chi connectivity index (χ3n) is 9.64. The van der Waals surface area contributed by atoms with Crippen molar-refractivity contribution in [2.75, 3.05) is 0 Å². The number of ether oxygens (including phenoxy) is 2. The highest BCUT2D eigenvalue weighted by Crippen LogP contribution is 2.71. The highest BCUT2D eigenvalue weighted by molar-refractivity contribution is 5.98. The standard InChI is InChI=1S/C25H33F2O5/c1-5-6-21-31-24(32-21)12-23(4)17(10-19(24)29)18(26)9-16-15-8-7-14(13(2)28)22(15,3)11-20(30)25(16,23)27/h10,14-16,18,20-21,30H,2,5-9,11-12H2,1,3-4H3/t14-,15+,16+,18+,20+,21?,22-,23+,24?,25+/m1/s1. The number of aliphatic hydroxyl groups is 1. The van der Waals surface area contributed by atoms with Gasteiger partial charge in [0.25, 0.3) is 0 Å². The van der Waals surface area contributed by atoms with E-state index < -0.39 is 52.6 Å². The van der Waals surface area contributed by atoms with Crippen molar-refractivity contribution in [3.05, 3.63) is 18.6 Å². The minimum absolute atomic E-state index is 0.100. The lowest BCUT2D eigenvalue weighted by Crippen LogP contribution is -2.73. The summed E-state index contributed by atoms with van der Waals surface area (Å²) in [7, 11) is 0. The van der Waals surface area contributed by atoms with E-state index in [0.29, 0.717) is 19.3 Å². The fourth-order valence-corrected chi connectivity index (χ4v) is 8.16. The van der Waals surface area contributed by atoms with Crippen LogP contribution in [-0.4, -0.2) is 46.7 Å². The van der Waals surface area contributed by atoms with Gasteiger partial charge < -0.3 is 14.6 Å². The zero-order valence-corrected chi connectivity index (χ0v) is 19.0. The number of Topliss-reactive ketones (excluding diaryl/α,β-unsaturated/α-hetero) is 1. The maximum absolute atomic E-state index is 17.3. The van der Waals surface area contributed by atoms with E-state index in [1.54, 1.807) is 6.92 Å². The lowest BCUT2D eigenvalue weighted by atomic mass is 9.43. The van der Waals surface area contributed by atoms with Crippen LogP contribution in [0, 0.1) is 35.5 Å². The van der Waals surface area contributed by atoms with Gasteiger partial charge in [0, 0.05) is 30.6 Å². The molecule has 4 fully saturated rings. The molecule has 1 saturated heterocycles. The van der Waals surface area contributed by atoms with Gasteiger partial charge in [-0.15, -0.1) is 0 Å². The zero-order valence-electron chi connectivity index (χ0n) is 19.0. The van der Waals surface area contributed by atoms with Gasteiger partial charge in [0.05, 0.1) is 6.10 Å². The molecule has 0 aromatic carbocycles. The molecule has 32 heavy (non-hydrogen) atoms. The number of carbonyl (C=O) groups excluding carboxylic acids is 2. The van der Waals surface area contributed by atoms with Crippen LogP contribution in [0.5, 0.6) is 0 Å². The SMILES string of the molecule is [CH2]C(=O)[C@H]1CC[C@H]2[C@@H]3C[C@H](F)C4=CC(=O)C5(C[C@]4(C)[C@@]3(F)[C@@H](O)C[C@]12C)OC(CCC)O5. The number of aliphatic hydroxyl groups excluding tert-OH is 1. The van der Waals surface area contributed by atoms with E-state index in [2.05, 4.69) is 6.92 Å². The topological polar surface area (TPSA) is 72.8 Å². The number of alkyl halides is 2. The van der Waals surface area contributed by atoms with Crippen LogP contribution < -0.4 is 0 Å². The van der Waals surface area contributed by atoms with Gasteiger partial charge in [0.1, 0.15) is 17.6 Å². The molecule has 8 atom stereocenters. The van der Waals surface area contributed by atoms with Crippen LogP contribution in [0.15, 0.2) is 11.6 Å². The van der Waals surface area contributed by atoms with Gasteiger partial charge in [-0.05, 0) is 55.1 Å². The van der Waals surface area contributed by atoms with Crippen LogP contribution in [-0.2, 0) is 19.1 Å². The number of ketones is 2. The second-order valence-corrected chi connectivity index (χ2v) is 11.2. The molecule has 0 unspecified atom stereocenters. The Balaban J connectivity index is 1.56. The summed E-state index contributed by atoms with van der Waals surface area (Å²) >= 11 is 0. The molecule has 0 aromatic rings. The van der Waals surface area contributed by atoms with E-state index >= 15 is 8.78 Å². The first-order chi connectivity index (χ1) is 14.9. The van der Waals surface area contributed by atoms with Gasteiger partial charge in [-0.1, -0.05) is 27.2 Å². The Hall–Kier alpha value is -1.18. The number of fused-ring (bicyclic) bond motifs is 5. The number of rotatable bonds is 3. The molecule has 0 aromatic heterocycles. The van der Waals surface area contributed by atoms with Gasteiger partial charge in [-0.2, -0.15) is 0 Å². The van der Waals surface area contributed by atoms with Gasteiger partial charge in [0.15, 0.2) is 6.29 Å². The summed E-state index contributed by atoms with van der Waals surface area (Å²) < 4.78 is 44.6. The fraction of sp³-hybridized carbons (Fsp3) is 0.800. The Labute approximate surface area is 187 Å². The molecule has 0 bridgehead atoms. The Bertz CT molecular complexity index is 882. The number of hydrogen-bond donors (Lipinski definition) is 1. The molecule has 5 aliphatic rings. The fourth-order valence-electron chi connectivity index (χ4n) is 8.16. The van der Waals surface area contributed by atoms with E-state index in [1.807, 2.05) is 13.8 Å². The summed E-state index contributed by atoms with van der Waals surface area (Å²) in [5.74, 6) is -3.67. The summed E-state index contributed by atoms with van der Waals surface area (Å²) in [5.41, 5.74) is -4.12. The predicted octanol–water partition coefficient (Wildman–Crippen LogP) is 4.03. The number of hydrogen-bond acceptors (Lipinski definition) is 5. The highest BCUT2D eigenvalue weighted by Gasteiger charge is 2.75. The molecule has 5 rings (SSSR count). The largest absolute Gasteiger partial charge is 0.390 e. The lowest BCUT2D eigenvalue weighted by molar-refractivity contribution is -0.439. The summed E-state index contributed by atoms with van der Waals surface area (Å²) in [5, 5.41) is 11.3. The average molecular weight is 452 g/mol. The van der Waals surface area contributed by atoms with Crippen molar-refractivity contribution in [1.29, 1.82) is 0 Å². The molecule has 1 aliphatic heterocycles. The molecule has 3 saturated carbocycles. The van der Waals surface area contributed by atoms with Crippen molar-refractivity contribution < 1.29 is 33.0 Å². The van der Waals surface area contributed by atoms with Gasteiger partial charge in [-0.25, -0.2) is 8.78 Å². The highest BCUT2D eigenvalue weighted by atomic mass is 19.1. The molecule has 1 spiro atoms. The molecule has 0 amide bonds. The molecular formula is C25H33F2O5. The van der Waals surface area contributed by atoms with Crippen molar-refractivity contribution in [2.24, 2.45) is 28.6 Å². The molecule has 1 N–H and O–H groups in total. The third-order valence-corrected chi connectivity index (χ3v) is 9.64. The average Bonchev–Trinajstić information content (AvgIpc) is 3.02. The summed E-state index contributed by atoms with van der Waals surface area (Å²) in [6, 6.07) is 0. The van der Waals surface area contributed by atoms with Crippen LogP contribution in [0.25, 0.3) is 0 Å². The molecule has 5 nitrogen and oxygen atoms in total. The predicted molar refractivity (Wildman–Crippen MR) is 112 cm³/mol. The zero-order chi connectivity index (χ0) is 23.3. The summed E-state index contributed by atoms with van der Waals surface area (Å²) in [6.07, 6.45) is 0.193. The van der Waals surface area contributed by atoms with Crippen LogP contribution in [0.1, 0.15) is 65.7 Å². The Kier molecular flexibility index (Phi) is 4.89. The maximum atomic E-state index is 17.3. The van der Waals surface area contributed by atoms with Crippen molar-refractivity contribution in [3.63, 3.8) is 0 Å². The van der Waals surface area contributed by atoms with E-state index in [9.17, 15) is 14.7 Å². The quantitative estimate of drug-likeness (QED) is 0.702. The molecule has 177 valence electrons. The minimum Gasteiger partial charge on any atom is -0.390 e. The second-order valence-electron chi connectivity index (χ2n) is 11.2. The third kappa shape index (κ3) is 2.59. The van der Waals surface area contributed by atoms with E-state index in [1.165, 1.54) is 6.08 Å². The number of allylic oxidation sites excluding steroid dienone is 1. The normalized spacial score (nSPS) is 54.3. The van der Waals surface area contributed by atoms with Crippen LogP contribution in [0.2, 0.25) is 0 Å². The van der Waals surface area contributed by atoms with Crippen LogP contribution in [0.4, 0.5) is 8.78 Å². The Morgan fingerprint density at radius 3 is 2.59 bits per heavy atom. The molecule has 7 heteroatoms. The molecular weight excluding hydrogens is 418 g/mol. The Morgan fingerprint density at radius 2 is 1.97 bits per heavy atom. The van der Waals surface area contributed by atoms with Gasteiger partial charge in [-0.3, -0.25) is 9.59 Å². The van der Waals surface area contributed by atoms with Crippen molar-refractivity contribution in [3.8, 4) is 0 Å². The van der Waals surface area contributed by atoms with Crippen molar-refractivity contribution in [2.45, 2.75) is 95.7 Å². The lowest BCUT2D eigenvalue weighted by Gasteiger charge is -2.65. The smallest absolute Gasteiger partial charge is 0.238 e. The molecule has 4 aliphatic carbocycles. The summed E-state index contributed by atoms with van der Waals surface area (Å²) in [6.45, 7) is 9.09. The van der Waals surface area contributed by atoms with E-state index in [4.69, 9.17) is 9.47 Å². The van der Waals surface area contributed by atoms with Gasteiger partial charge >= 0.3 is 0 Å².